The molecule has 0 radical (unpaired) electrons. The molecule has 1 aliphatic carbocycles. The molecule has 0 saturated heterocycles. The standard InChI is InChI=1S/C6H4O5S2/c7-4-2-1-3-5(12(8)9)6(4)13(10)11/h1-3,7H. The highest BCUT2D eigenvalue weighted by Gasteiger charge is 2.17. The summed E-state index contributed by atoms with van der Waals surface area (Å²) in [6, 6.07) is 0. The van der Waals surface area contributed by atoms with Crippen LogP contribution in [0.1, 0.15) is 0 Å². The molecule has 0 atom stereocenters. The fraction of sp³-hybridized carbons (Fsp3) is 0. The van der Waals surface area contributed by atoms with E-state index in [9.17, 15) is 16.8 Å². The van der Waals surface area contributed by atoms with Crippen LogP contribution in [-0.4, -0.2) is 31.7 Å². The van der Waals surface area contributed by atoms with Crippen molar-refractivity contribution >= 4 is 30.3 Å². The van der Waals surface area contributed by atoms with Crippen LogP contribution >= 0.6 is 0 Å². The molecule has 0 heterocycles. The minimum Gasteiger partial charge on any atom is -0.506 e. The summed E-state index contributed by atoms with van der Waals surface area (Å²) in [7, 11) is -5.44. The van der Waals surface area contributed by atoms with Gasteiger partial charge in [-0.3, -0.25) is 0 Å². The van der Waals surface area contributed by atoms with Crippen LogP contribution < -0.4 is 0 Å². The highest BCUT2D eigenvalue weighted by molar-refractivity contribution is 7.83. The van der Waals surface area contributed by atoms with E-state index in [0.717, 1.165) is 12.2 Å². The third-order valence-electron chi connectivity index (χ3n) is 1.30. The molecule has 1 aliphatic rings. The molecule has 0 bridgehead atoms. The van der Waals surface area contributed by atoms with Crippen LogP contribution in [0.4, 0.5) is 0 Å². The summed E-state index contributed by atoms with van der Waals surface area (Å²) < 4.78 is 42.0. The van der Waals surface area contributed by atoms with Gasteiger partial charge in [-0.25, -0.2) is 0 Å². The zero-order valence-corrected chi connectivity index (χ0v) is 7.76. The average Bonchev–Trinajstić information content (AvgIpc) is 2.02. The van der Waals surface area contributed by atoms with E-state index in [-0.39, 0.29) is 0 Å². The minimum absolute atomic E-state index is 0.437. The van der Waals surface area contributed by atoms with Crippen LogP contribution in [0.15, 0.2) is 24.0 Å². The van der Waals surface area contributed by atoms with Crippen molar-refractivity contribution in [3.63, 3.8) is 0 Å². The van der Waals surface area contributed by atoms with Crippen LogP contribution in [0, 0.1) is 0 Å². The Hall–Kier alpha value is -1.34. The summed E-state index contributed by atoms with van der Waals surface area (Å²) in [6.45, 7) is 0. The first-order chi connectivity index (χ1) is 6.04. The number of hydrogen-bond acceptors (Lipinski definition) is 5. The van der Waals surface area contributed by atoms with Crippen molar-refractivity contribution in [2.75, 3.05) is 0 Å². The van der Waals surface area contributed by atoms with E-state index in [1.54, 1.807) is 0 Å². The van der Waals surface area contributed by atoms with Gasteiger partial charge < -0.3 is 5.11 Å². The van der Waals surface area contributed by atoms with Gasteiger partial charge in [-0.2, -0.15) is 16.8 Å². The molecule has 0 aromatic rings. The summed E-state index contributed by atoms with van der Waals surface area (Å²) in [4.78, 5) is -1.04. The molecule has 0 spiro atoms. The number of aliphatic hydroxyl groups excluding tert-OH is 1. The zero-order chi connectivity index (χ0) is 10.0. The predicted molar refractivity (Wildman–Crippen MR) is 47.7 cm³/mol. The Kier molecular flexibility index (Phi) is 2.69. The maximum atomic E-state index is 10.5. The van der Waals surface area contributed by atoms with Crippen LogP contribution in [0.3, 0.4) is 0 Å². The maximum absolute atomic E-state index is 10.5. The van der Waals surface area contributed by atoms with E-state index in [4.69, 9.17) is 5.11 Å². The van der Waals surface area contributed by atoms with Gasteiger partial charge >= 0.3 is 0 Å². The van der Waals surface area contributed by atoms with Crippen LogP contribution in [0.2, 0.25) is 0 Å². The van der Waals surface area contributed by atoms with Crippen molar-refractivity contribution in [2.45, 2.75) is 0 Å². The molecule has 1 rings (SSSR count). The van der Waals surface area contributed by atoms with E-state index in [1.807, 2.05) is 0 Å². The number of rotatable bonds is 0. The summed E-state index contributed by atoms with van der Waals surface area (Å²) in [5.41, 5.74) is 0. The highest BCUT2D eigenvalue weighted by atomic mass is 32.2. The molecule has 0 aromatic heterocycles. The molecule has 13 heavy (non-hydrogen) atoms. The van der Waals surface area contributed by atoms with Gasteiger partial charge in [-0.05, 0) is 12.2 Å². The van der Waals surface area contributed by atoms with E-state index in [2.05, 4.69) is 0 Å². The van der Waals surface area contributed by atoms with Crippen molar-refractivity contribution < 1.29 is 21.9 Å². The van der Waals surface area contributed by atoms with Crippen molar-refractivity contribution in [3.8, 4) is 0 Å². The first-order valence-electron chi connectivity index (χ1n) is 3.04. The van der Waals surface area contributed by atoms with Crippen molar-refractivity contribution in [3.05, 3.63) is 24.0 Å². The largest absolute Gasteiger partial charge is 0.506 e. The summed E-state index contributed by atoms with van der Waals surface area (Å²) in [5.74, 6) is -0.574. The average molecular weight is 220 g/mol. The Morgan fingerprint density at radius 1 is 1.08 bits per heavy atom. The summed E-state index contributed by atoms with van der Waals surface area (Å²) in [5, 5.41) is 9.04. The zero-order valence-electron chi connectivity index (χ0n) is 6.13. The maximum Gasteiger partial charge on any atom is 0.226 e. The second kappa shape index (κ2) is 3.58. The monoisotopic (exact) mass is 220 g/mol. The lowest BCUT2D eigenvalue weighted by Crippen LogP contribution is -2.18. The van der Waals surface area contributed by atoms with Crippen molar-refractivity contribution in [2.24, 2.45) is 0 Å². The lowest BCUT2D eigenvalue weighted by molar-refractivity contribution is 0.446. The Morgan fingerprint density at radius 2 is 1.69 bits per heavy atom. The number of allylic oxidation sites excluding steroid dienone is 4. The van der Waals surface area contributed by atoms with Gasteiger partial charge in [0.25, 0.3) is 0 Å². The third kappa shape index (κ3) is 1.87. The third-order valence-corrected chi connectivity index (χ3v) is 2.90. The van der Waals surface area contributed by atoms with Gasteiger partial charge in [0.15, 0.2) is 4.86 Å². The molecule has 0 aliphatic heterocycles. The molecule has 0 saturated carbocycles. The molecule has 0 aromatic carbocycles. The normalized spacial score (nSPS) is 15.5. The molecular formula is C6H4O5S2. The molecule has 7 heteroatoms. The lowest BCUT2D eigenvalue weighted by Gasteiger charge is -2.01. The van der Waals surface area contributed by atoms with Crippen molar-refractivity contribution in [1.82, 2.24) is 0 Å². The number of hydrogen-bond donors (Lipinski definition) is 1. The molecular weight excluding hydrogens is 216 g/mol. The Bertz CT molecular complexity index is 540. The first kappa shape index (κ1) is 9.75. The van der Waals surface area contributed by atoms with E-state index < -0.39 is 36.1 Å². The van der Waals surface area contributed by atoms with Gasteiger partial charge in [0.1, 0.15) is 10.6 Å². The number of aliphatic hydroxyl groups is 1. The van der Waals surface area contributed by atoms with E-state index in [1.165, 1.54) is 6.08 Å². The van der Waals surface area contributed by atoms with Gasteiger partial charge in [-0.1, -0.05) is 6.08 Å². The molecule has 5 nitrogen and oxygen atoms in total. The van der Waals surface area contributed by atoms with E-state index >= 15 is 0 Å². The van der Waals surface area contributed by atoms with Gasteiger partial charge in [0, 0.05) is 0 Å². The smallest absolute Gasteiger partial charge is 0.226 e. The molecule has 0 fully saturated rings. The topological polar surface area (TPSA) is 88.5 Å². The fourth-order valence-electron chi connectivity index (χ4n) is 0.803. The Morgan fingerprint density at radius 3 is 2.08 bits per heavy atom. The first-order valence-corrected chi connectivity index (χ1v) is 5.19. The van der Waals surface area contributed by atoms with Gasteiger partial charge in [0.05, 0.1) is 0 Å². The van der Waals surface area contributed by atoms with Crippen LogP contribution in [-0.2, 0) is 20.6 Å². The molecule has 1 N–H and O–H groups in total. The SMILES string of the molecule is O=S(=O)=C1C=CC=C(O)C1=S(=O)=O. The van der Waals surface area contributed by atoms with Gasteiger partial charge in [-0.15, -0.1) is 0 Å². The molecule has 0 unspecified atom stereocenters. The van der Waals surface area contributed by atoms with Crippen LogP contribution in [0.25, 0.3) is 0 Å². The van der Waals surface area contributed by atoms with Crippen LogP contribution in [0.5, 0.6) is 0 Å². The fourth-order valence-corrected chi connectivity index (χ4v) is 2.13. The van der Waals surface area contributed by atoms with Gasteiger partial charge in [0.2, 0.25) is 20.6 Å². The van der Waals surface area contributed by atoms with E-state index in [0.29, 0.717) is 0 Å². The quantitative estimate of drug-likeness (QED) is 0.534. The minimum atomic E-state index is -2.77. The van der Waals surface area contributed by atoms with Crippen molar-refractivity contribution in [1.29, 1.82) is 0 Å². The Labute approximate surface area is 76.7 Å². The summed E-state index contributed by atoms with van der Waals surface area (Å²) >= 11 is 0. The molecule has 0 amide bonds. The highest BCUT2D eigenvalue weighted by Crippen LogP contribution is 2.02. The Balaban J connectivity index is 3.71. The lowest BCUT2D eigenvalue weighted by atomic mass is 10.1. The predicted octanol–water partition coefficient (Wildman–Crippen LogP) is -0.899. The second-order valence-electron chi connectivity index (χ2n) is 2.07. The summed E-state index contributed by atoms with van der Waals surface area (Å²) in [6.07, 6.45) is 3.44. The molecule has 70 valence electrons. The second-order valence-corrected chi connectivity index (χ2v) is 3.86.